The monoisotopic (exact) mass is 476 g/mol. The highest BCUT2D eigenvalue weighted by molar-refractivity contribution is 7.89. The number of rotatable bonds is 11. The number of sulfonamides is 1. The van der Waals surface area contributed by atoms with E-state index in [0.29, 0.717) is 36.7 Å². The molecule has 0 heterocycles. The van der Waals surface area contributed by atoms with E-state index in [4.69, 9.17) is 14.2 Å². The Bertz CT molecular complexity index is 1090. The maximum absolute atomic E-state index is 13.6. The van der Waals surface area contributed by atoms with Gasteiger partial charge in [-0.05, 0) is 49.2 Å². The van der Waals surface area contributed by atoms with E-state index < -0.39 is 10.0 Å². The summed E-state index contributed by atoms with van der Waals surface area (Å²) < 4.78 is 43.9. The van der Waals surface area contributed by atoms with Crippen LogP contribution < -0.4 is 14.2 Å². The van der Waals surface area contributed by atoms with Crippen molar-refractivity contribution in [3.8, 4) is 17.2 Å². The normalized spacial score (nSPS) is 13.6. The van der Waals surface area contributed by atoms with Crippen molar-refractivity contribution in [2.75, 3.05) is 34.4 Å². The molecule has 9 heteroatoms. The first-order valence-corrected chi connectivity index (χ1v) is 12.4. The summed E-state index contributed by atoms with van der Waals surface area (Å²) in [4.78, 5) is 15.3. The minimum atomic E-state index is -3.81. The zero-order chi connectivity index (χ0) is 24.2. The minimum Gasteiger partial charge on any atom is -0.497 e. The second-order valence-electron chi connectivity index (χ2n) is 7.80. The highest BCUT2D eigenvalue weighted by Gasteiger charge is 2.35. The van der Waals surface area contributed by atoms with Crippen LogP contribution in [0, 0.1) is 0 Å². The smallest absolute Gasteiger partial charge is 0.254 e. The Morgan fingerprint density at radius 3 is 2.12 bits per heavy atom. The highest BCUT2D eigenvalue weighted by Crippen LogP contribution is 2.34. The molecule has 33 heavy (non-hydrogen) atoms. The summed E-state index contributed by atoms with van der Waals surface area (Å²) in [7, 11) is 0.786. The molecule has 1 fully saturated rings. The Kier molecular flexibility index (Phi) is 7.86. The second-order valence-corrected chi connectivity index (χ2v) is 9.70. The molecule has 0 N–H and O–H groups in total. The van der Waals surface area contributed by atoms with E-state index in [2.05, 4.69) is 0 Å². The molecule has 180 valence electrons. The topological polar surface area (TPSA) is 85.4 Å². The maximum Gasteiger partial charge on any atom is 0.254 e. The van der Waals surface area contributed by atoms with Crippen LogP contribution in [0.2, 0.25) is 0 Å². The number of hydrogen-bond donors (Lipinski definition) is 0. The van der Waals surface area contributed by atoms with Crippen LogP contribution in [0.15, 0.2) is 41.3 Å². The Morgan fingerprint density at radius 1 is 0.939 bits per heavy atom. The van der Waals surface area contributed by atoms with Gasteiger partial charge in [-0.25, -0.2) is 8.42 Å². The molecule has 0 aliphatic heterocycles. The molecule has 2 aromatic rings. The summed E-state index contributed by atoms with van der Waals surface area (Å²) in [6.07, 6.45) is 1.80. The molecule has 3 rings (SSSR count). The van der Waals surface area contributed by atoms with Crippen LogP contribution in [-0.4, -0.2) is 64.0 Å². The van der Waals surface area contributed by atoms with Crippen LogP contribution in [0.25, 0.3) is 0 Å². The number of carbonyl (C=O) groups excluding carboxylic acids is 1. The zero-order valence-corrected chi connectivity index (χ0v) is 20.6. The molecular formula is C24H32N2O6S. The molecule has 0 radical (unpaired) electrons. The van der Waals surface area contributed by atoms with Gasteiger partial charge in [0.25, 0.3) is 5.91 Å². The summed E-state index contributed by atoms with van der Waals surface area (Å²) in [6, 6.07) is 10.1. The van der Waals surface area contributed by atoms with Crippen molar-refractivity contribution in [2.45, 2.75) is 44.2 Å². The number of amides is 1. The molecule has 1 aliphatic rings. The van der Waals surface area contributed by atoms with Gasteiger partial charge >= 0.3 is 0 Å². The molecular weight excluding hydrogens is 444 g/mol. The van der Waals surface area contributed by atoms with E-state index in [1.165, 1.54) is 17.5 Å². The van der Waals surface area contributed by atoms with Gasteiger partial charge in [-0.1, -0.05) is 13.8 Å². The van der Waals surface area contributed by atoms with E-state index >= 15 is 0 Å². The third kappa shape index (κ3) is 5.25. The first-order chi connectivity index (χ1) is 15.8. The fourth-order valence-corrected chi connectivity index (χ4v) is 5.46. The summed E-state index contributed by atoms with van der Waals surface area (Å²) >= 11 is 0. The Morgan fingerprint density at radius 2 is 1.58 bits per heavy atom. The lowest BCUT2D eigenvalue weighted by atomic mass is 10.1. The number of carbonyl (C=O) groups is 1. The third-order valence-electron chi connectivity index (χ3n) is 5.81. The Balaban J connectivity index is 1.99. The van der Waals surface area contributed by atoms with E-state index in [9.17, 15) is 13.2 Å². The molecule has 8 nitrogen and oxygen atoms in total. The predicted molar refractivity (Wildman–Crippen MR) is 126 cm³/mol. The molecule has 0 saturated heterocycles. The van der Waals surface area contributed by atoms with Gasteiger partial charge in [0.2, 0.25) is 10.0 Å². The summed E-state index contributed by atoms with van der Waals surface area (Å²) in [5.41, 5.74) is 1.12. The average Bonchev–Trinajstić information content (AvgIpc) is 3.67. The van der Waals surface area contributed by atoms with Gasteiger partial charge in [0.1, 0.15) is 22.1 Å². The molecule has 0 spiro atoms. The van der Waals surface area contributed by atoms with Gasteiger partial charge in [-0.2, -0.15) is 4.31 Å². The summed E-state index contributed by atoms with van der Waals surface area (Å²) in [5.74, 6) is 1.31. The predicted octanol–water partition coefficient (Wildman–Crippen LogP) is 3.55. The van der Waals surface area contributed by atoms with Crippen LogP contribution in [-0.2, 0) is 16.6 Å². The maximum atomic E-state index is 13.6. The molecule has 2 aromatic carbocycles. The standard InChI is InChI=1S/C24H32N2O6S/c1-6-25(7-2)33(28,29)23-15-17(8-12-22(23)32-5)24(27)26(19-9-10-19)16-18-14-20(30-3)11-13-21(18)31-4/h8,11-15,19H,6-7,9-10,16H2,1-5H3. The largest absolute Gasteiger partial charge is 0.497 e. The third-order valence-corrected chi connectivity index (χ3v) is 7.88. The van der Waals surface area contributed by atoms with Gasteiger partial charge < -0.3 is 19.1 Å². The van der Waals surface area contributed by atoms with Gasteiger partial charge in [0.05, 0.1) is 27.9 Å². The number of benzene rings is 2. The fraction of sp³-hybridized carbons (Fsp3) is 0.458. The quantitative estimate of drug-likeness (QED) is 0.493. The number of ether oxygens (including phenoxy) is 3. The number of nitrogens with zero attached hydrogens (tertiary/aromatic N) is 2. The van der Waals surface area contributed by atoms with Crippen molar-refractivity contribution >= 4 is 15.9 Å². The molecule has 1 saturated carbocycles. The van der Waals surface area contributed by atoms with Gasteiger partial charge in [0.15, 0.2) is 0 Å². The minimum absolute atomic E-state index is 0.00532. The van der Waals surface area contributed by atoms with Crippen LogP contribution in [0.1, 0.15) is 42.6 Å². The SMILES string of the molecule is CCN(CC)S(=O)(=O)c1cc(C(=O)N(Cc2cc(OC)ccc2OC)C2CC2)ccc1OC. The molecule has 0 aromatic heterocycles. The average molecular weight is 477 g/mol. The van der Waals surface area contributed by atoms with Crippen molar-refractivity contribution < 1.29 is 27.4 Å². The van der Waals surface area contributed by atoms with Crippen LogP contribution in [0.5, 0.6) is 17.2 Å². The summed E-state index contributed by atoms with van der Waals surface area (Å²) in [5, 5.41) is 0. The van der Waals surface area contributed by atoms with Crippen molar-refractivity contribution in [3.05, 3.63) is 47.5 Å². The van der Waals surface area contributed by atoms with Crippen molar-refractivity contribution in [2.24, 2.45) is 0 Å². The van der Waals surface area contributed by atoms with Gasteiger partial charge in [-0.15, -0.1) is 0 Å². The number of hydrogen-bond acceptors (Lipinski definition) is 6. The van der Waals surface area contributed by atoms with E-state index in [-0.39, 0.29) is 22.6 Å². The molecule has 1 aliphatic carbocycles. The first kappa shape index (κ1) is 24.9. The lowest BCUT2D eigenvalue weighted by molar-refractivity contribution is 0.0728. The van der Waals surface area contributed by atoms with E-state index in [1.54, 1.807) is 51.2 Å². The van der Waals surface area contributed by atoms with Gasteiger partial charge in [-0.3, -0.25) is 4.79 Å². The first-order valence-electron chi connectivity index (χ1n) is 11.0. The molecule has 1 amide bonds. The Labute approximate surface area is 196 Å². The number of methoxy groups -OCH3 is 3. The van der Waals surface area contributed by atoms with Crippen LogP contribution in [0.4, 0.5) is 0 Å². The zero-order valence-electron chi connectivity index (χ0n) is 19.8. The fourth-order valence-electron chi connectivity index (χ4n) is 3.82. The van der Waals surface area contributed by atoms with Crippen LogP contribution >= 0.6 is 0 Å². The lowest BCUT2D eigenvalue weighted by Crippen LogP contribution is -2.34. The lowest BCUT2D eigenvalue weighted by Gasteiger charge is -2.25. The Hall–Kier alpha value is -2.78. The molecule has 0 bridgehead atoms. The summed E-state index contributed by atoms with van der Waals surface area (Å²) in [6.45, 7) is 4.53. The van der Waals surface area contributed by atoms with E-state index in [1.807, 2.05) is 12.1 Å². The van der Waals surface area contributed by atoms with Gasteiger partial charge in [0, 0.05) is 30.3 Å². The van der Waals surface area contributed by atoms with Crippen molar-refractivity contribution in [3.63, 3.8) is 0 Å². The van der Waals surface area contributed by atoms with E-state index in [0.717, 1.165) is 18.4 Å². The second kappa shape index (κ2) is 10.4. The van der Waals surface area contributed by atoms with Crippen LogP contribution in [0.3, 0.4) is 0 Å². The molecule has 0 unspecified atom stereocenters. The molecule has 0 atom stereocenters. The van der Waals surface area contributed by atoms with Crippen molar-refractivity contribution in [1.82, 2.24) is 9.21 Å². The van der Waals surface area contributed by atoms with Crippen molar-refractivity contribution in [1.29, 1.82) is 0 Å². The highest BCUT2D eigenvalue weighted by atomic mass is 32.2.